The van der Waals surface area contributed by atoms with Crippen molar-refractivity contribution in [3.05, 3.63) is 125 Å². The van der Waals surface area contributed by atoms with Crippen molar-refractivity contribution < 1.29 is 27.6 Å². The Morgan fingerprint density at radius 1 is 1.07 bits per heavy atom. The van der Waals surface area contributed by atoms with Crippen LogP contribution in [0.25, 0.3) is 0 Å². The molecule has 0 radical (unpaired) electrons. The standard InChI is InChI=1S/C31H28F3N5O3/c1-2-15-38-25-19-39(24(16-20-9-4-3-5-10-20)28(40)36-18-21-11-8-14-35-17-21)29(41)26(25)27(37-30(38)42)22-12-6-7-13-23(22)31(32,33)34/h2-14,17,24,27H,1,15-16,18-19H2,(H,36,40)(H,37,42). The Labute approximate surface area is 240 Å². The highest BCUT2D eigenvalue weighted by molar-refractivity contribution is 6.03. The maximum Gasteiger partial charge on any atom is 0.416 e. The van der Waals surface area contributed by atoms with E-state index >= 15 is 0 Å². The molecule has 0 fully saturated rings. The minimum Gasteiger partial charge on any atom is -0.350 e. The maximum absolute atomic E-state index is 14.1. The lowest BCUT2D eigenvalue weighted by Gasteiger charge is -2.33. The van der Waals surface area contributed by atoms with Crippen LogP contribution in [0, 0.1) is 0 Å². The topological polar surface area (TPSA) is 94.6 Å². The fraction of sp³-hybridized carbons (Fsp3) is 0.226. The zero-order valence-corrected chi connectivity index (χ0v) is 22.5. The molecule has 2 unspecified atom stereocenters. The molecule has 4 amide bonds. The van der Waals surface area contributed by atoms with Crippen LogP contribution in [0.4, 0.5) is 18.0 Å². The Morgan fingerprint density at radius 2 is 1.79 bits per heavy atom. The van der Waals surface area contributed by atoms with Crippen LogP contribution in [0.2, 0.25) is 0 Å². The molecule has 0 aliphatic carbocycles. The summed E-state index contributed by atoms with van der Waals surface area (Å²) < 4.78 is 42.0. The number of pyridine rings is 1. The number of rotatable bonds is 9. The van der Waals surface area contributed by atoms with Crippen LogP contribution in [-0.2, 0) is 28.7 Å². The monoisotopic (exact) mass is 575 g/mol. The van der Waals surface area contributed by atoms with E-state index in [2.05, 4.69) is 22.2 Å². The summed E-state index contributed by atoms with van der Waals surface area (Å²) in [6, 6.07) is 14.5. The van der Waals surface area contributed by atoms with Crippen molar-refractivity contribution in [3.8, 4) is 0 Å². The van der Waals surface area contributed by atoms with E-state index in [1.54, 1.807) is 24.5 Å². The van der Waals surface area contributed by atoms with Crippen molar-refractivity contribution in [2.24, 2.45) is 0 Å². The highest BCUT2D eigenvalue weighted by atomic mass is 19.4. The fourth-order valence-electron chi connectivity index (χ4n) is 5.32. The predicted octanol–water partition coefficient (Wildman–Crippen LogP) is 4.38. The number of hydrogen-bond acceptors (Lipinski definition) is 4. The molecule has 216 valence electrons. The summed E-state index contributed by atoms with van der Waals surface area (Å²) in [5.41, 5.74) is 0.564. The molecule has 3 heterocycles. The van der Waals surface area contributed by atoms with E-state index in [0.717, 1.165) is 17.2 Å². The highest BCUT2D eigenvalue weighted by Gasteiger charge is 2.48. The van der Waals surface area contributed by atoms with Crippen molar-refractivity contribution >= 4 is 17.8 Å². The number of urea groups is 1. The summed E-state index contributed by atoms with van der Waals surface area (Å²) in [5.74, 6) is -1.07. The smallest absolute Gasteiger partial charge is 0.350 e. The lowest BCUT2D eigenvalue weighted by molar-refractivity contribution is -0.138. The number of carbonyl (C=O) groups excluding carboxylic acids is 3. The quantitative estimate of drug-likeness (QED) is 0.371. The van der Waals surface area contributed by atoms with Gasteiger partial charge in [-0.2, -0.15) is 13.2 Å². The van der Waals surface area contributed by atoms with Crippen LogP contribution >= 0.6 is 0 Å². The van der Waals surface area contributed by atoms with Crippen LogP contribution in [0.1, 0.15) is 28.3 Å². The zero-order valence-electron chi connectivity index (χ0n) is 22.5. The Kier molecular flexibility index (Phi) is 8.10. The molecule has 0 spiro atoms. The van der Waals surface area contributed by atoms with Crippen LogP contribution in [0.3, 0.4) is 0 Å². The van der Waals surface area contributed by atoms with Gasteiger partial charge in [0, 0.05) is 31.9 Å². The Morgan fingerprint density at radius 3 is 2.48 bits per heavy atom. The number of carbonyl (C=O) groups is 3. The zero-order chi connectivity index (χ0) is 29.9. The van der Waals surface area contributed by atoms with Crippen molar-refractivity contribution in [1.82, 2.24) is 25.4 Å². The van der Waals surface area contributed by atoms with Crippen molar-refractivity contribution in [2.75, 3.05) is 13.1 Å². The second-order valence-electron chi connectivity index (χ2n) is 9.94. The second kappa shape index (κ2) is 11.9. The van der Waals surface area contributed by atoms with E-state index in [4.69, 9.17) is 0 Å². The first-order chi connectivity index (χ1) is 20.2. The minimum absolute atomic E-state index is 0.00808. The van der Waals surface area contributed by atoms with Crippen LogP contribution in [0.15, 0.2) is 103 Å². The average molecular weight is 576 g/mol. The first kappa shape index (κ1) is 28.6. The van der Waals surface area contributed by atoms with Crippen molar-refractivity contribution in [2.45, 2.75) is 31.2 Å². The van der Waals surface area contributed by atoms with Gasteiger partial charge < -0.3 is 15.5 Å². The number of nitrogens with one attached hydrogen (secondary N) is 2. The molecule has 2 aliphatic heterocycles. The Hall–Kier alpha value is -4.93. The molecule has 2 atom stereocenters. The van der Waals surface area contributed by atoms with Gasteiger partial charge in [-0.15, -0.1) is 6.58 Å². The SMILES string of the molecule is C=CCN1C(=O)NC(c2ccccc2C(F)(F)F)C2=C1CN(C(Cc1ccccc1)C(=O)NCc1cccnc1)C2=O. The molecular formula is C31H28F3N5O3. The highest BCUT2D eigenvalue weighted by Crippen LogP contribution is 2.42. The largest absolute Gasteiger partial charge is 0.416 e. The third-order valence-electron chi connectivity index (χ3n) is 7.28. The lowest BCUT2D eigenvalue weighted by Crippen LogP contribution is -2.49. The Balaban J connectivity index is 1.53. The minimum atomic E-state index is -4.72. The molecule has 5 rings (SSSR count). The summed E-state index contributed by atoms with van der Waals surface area (Å²) in [7, 11) is 0. The molecule has 0 saturated carbocycles. The molecule has 8 nitrogen and oxygen atoms in total. The van der Waals surface area contributed by atoms with Gasteiger partial charge in [-0.3, -0.25) is 19.5 Å². The first-order valence-electron chi connectivity index (χ1n) is 13.3. The van der Waals surface area contributed by atoms with Gasteiger partial charge in [-0.25, -0.2) is 4.79 Å². The summed E-state index contributed by atoms with van der Waals surface area (Å²) in [4.78, 5) is 47.6. The van der Waals surface area contributed by atoms with Gasteiger partial charge in [-0.1, -0.05) is 60.7 Å². The summed E-state index contributed by atoms with van der Waals surface area (Å²) in [6.45, 7) is 3.72. The summed E-state index contributed by atoms with van der Waals surface area (Å²) in [6.07, 6.45) is 0.118. The van der Waals surface area contributed by atoms with E-state index in [1.807, 2.05) is 30.3 Å². The third kappa shape index (κ3) is 5.76. The van der Waals surface area contributed by atoms with Crippen molar-refractivity contribution in [1.29, 1.82) is 0 Å². The number of alkyl halides is 3. The summed E-state index contributed by atoms with van der Waals surface area (Å²) in [5, 5.41) is 5.46. The molecule has 2 N–H and O–H groups in total. The molecule has 0 saturated heterocycles. The van der Waals surface area contributed by atoms with E-state index < -0.39 is 41.7 Å². The number of benzene rings is 2. The number of halogens is 3. The molecule has 3 aromatic rings. The molecule has 11 heteroatoms. The summed E-state index contributed by atoms with van der Waals surface area (Å²) >= 11 is 0. The molecule has 1 aromatic heterocycles. The van der Waals surface area contributed by atoms with E-state index in [9.17, 15) is 27.6 Å². The van der Waals surface area contributed by atoms with Crippen LogP contribution < -0.4 is 10.6 Å². The predicted molar refractivity (Wildman–Crippen MR) is 148 cm³/mol. The number of nitrogens with zero attached hydrogens (tertiary/aromatic N) is 3. The molecular weight excluding hydrogens is 547 g/mol. The maximum atomic E-state index is 14.1. The van der Waals surface area contributed by atoms with Crippen molar-refractivity contribution in [3.63, 3.8) is 0 Å². The van der Waals surface area contributed by atoms with Crippen LogP contribution in [0.5, 0.6) is 0 Å². The average Bonchev–Trinajstić information content (AvgIpc) is 3.33. The number of aromatic nitrogens is 1. The van der Waals surface area contributed by atoms with Gasteiger partial charge >= 0.3 is 12.2 Å². The fourth-order valence-corrected chi connectivity index (χ4v) is 5.32. The number of amides is 4. The van der Waals surface area contributed by atoms with Crippen LogP contribution in [-0.4, -0.2) is 51.8 Å². The van der Waals surface area contributed by atoms with E-state index in [-0.39, 0.29) is 42.9 Å². The van der Waals surface area contributed by atoms with Gasteiger partial charge in [0.05, 0.1) is 29.4 Å². The number of hydrogen-bond donors (Lipinski definition) is 2. The Bertz CT molecular complexity index is 1530. The molecule has 0 bridgehead atoms. The van der Waals surface area contributed by atoms with Gasteiger partial charge in [0.2, 0.25) is 5.91 Å². The second-order valence-corrected chi connectivity index (χ2v) is 9.94. The lowest BCUT2D eigenvalue weighted by atomic mass is 9.91. The van der Waals surface area contributed by atoms with Gasteiger partial charge in [0.15, 0.2) is 0 Å². The third-order valence-corrected chi connectivity index (χ3v) is 7.28. The molecule has 2 aromatic carbocycles. The van der Waals surface area contributed by atoms with Gasteiger partial charge in [-0.05, 0) is 28.8 Å². The van der Waals surface area contributed by atoms with E-state index in [0.29, 0.717) is 0 Å². The normalized spacial score (nSPS) is 17.5. The molecule has 2 aliphatic rings. The first-order valence-corrected chi connectivity index (χ1v) is 13.3. The molecule has 42 heavy (non-hydrogen) atoms. The van der Waals surface area contributed by atoms with Gasteiger partial charge in [0.1, 0.15) is 6.04 Å². The van der Waals surface area contributed by atoms with Gasteiger partial charge in [0.25, 0.3) is 5.91 Å². The van der Waals surface area contributed by atoms with E-state index in [1.165, 1.54) is 34.1 Å².